The number of fused-ring (bicyclic) bond motifs is 1. The molecule has 1 saturated heterocycles. The maximum absolute atomic E-state index is 14.0. The number of rotatable bonds is 13. The Hall–Kier alpha value is -3.72. The summed E-state index contributed by atoms with van der Waals surface area (Å²) < 4.78 is 5.63. The van der Waals surface area contributed by atoms with Gasteiger partial charge in [0.15, 0.2) is 0 Å². The molecular formula is C31H39N3O6. The summed E-state index contributed by atoms with van der Waals surface area (Å²) in [6, 6.07) is 14.7. The molecule has 0 radical (unpaired) electrons. The monoisotopic (exact) mass is 549 g/mol. The molecular weight excluding hydrogens is 510 g/mol. The molecule has 2 aliphatic heterocycles. The van der Waals surface area contributed by atoms with Gasteiger partial charge in [-0.15, -0.1) is 0 Å². The SMILES string of the molecule is CCCOc1ccc2c(c1)C(=O)N(CCC(C(=O)NO)C1(CC(C)C)CCN(CCc3ccccc3)C1=O)C2=O. The van der Waals surface area contributed by atoms with Crippen molar-refractivity contribution in [1.82, 2.24) is 15.3 Å². The molecule has 214 valence electrons. The fraction of sp³-hybridized carbons (Fsp3) is 0.484. The van der Waals surface area contributed by atoms with E-state index in [4.69, 9.17) is 4.74 Å². The molecule has 1 fully saturated rings. The fourth-order valence-electron chi connectivity index (χ4n) is 6.14. The Morgan fingerprint density at radius 3 is 2.45 bits per heavy atom. The van der Waals surface area contributed by atoms with Crippen LogP contribution in [0.2, 0.25) is 0 Å². The van der Waals surface area contributed by atoms with Crippen LogP contribution in [0.5, 0.6) is 5.75 Å². The summed E-state index contributed by atoms with van der Waals surface area (Å²) in [4.78, 5) is 56.4. The zero-order chi connectivity index (χ0) is 28.9. The standard InChI is InChI=1S/C31H39N3O6/c1-4-18-40-23-10-11-24-25(19-23)29(37)34(28(24)36)16-13-26(27(35)32-39)31(20-21(2)3)14-17-33(30(31)38)15-12-22-8-6-5-7-9-22/h5-11,19,21,26,39H,4,12-18,20H2,1-3H3,(H,32,35). The van der Waals surface area contributed by atoms with Crippen molar-refractivity contribution >= 4 is 23.6 Å². The van der Waals surface area contributed by atoms with Crippen molar-refractivity contribution in [1.29, 1.82) is 0 Å². The molecule has 4 amide bonds. The highest BCUT2D eigenvalue weighted by molar-refractivity contribution is 6.21. The fourth-order valence-corrected chi connectivity index (χ4v) is 6.14. The van der Waals surface area contributed by atoms with Crippen LogP contribution < -0.4 is 10.2 Å². The zero-order valence-corrected chi connectivity index (χ0v) is 23.5. The van der Waals surface area contributed by atoms with Crippen LogP contribution in [-0.2, 0) is 16.0 Å². The molecule has 2 atom stereocenters. The Morgan fingerprint density at radius 1 is 1.05 bits per heavy atom. The van der Waals surface area contributed by atoms with Gasteiger partial charge in [-0.3, -0.25) is 29.3 Å². The third-order valence-electron chi connectivity index (χ3n) is 7.98. The third-order valence-corrected chi connectivity index (χ3v) is 7.98. The van der Waals surface area contributed by atoms with Crippen LogP contribution in [0, 0.1) is 17.3 Å². The van der Waals surface area contributed by atoms with Crippen molar-refractivity contribution in [3.63, 3.8) is 0 Å². The molecule has 0 saturated carbocycles. The van der Waals surface area contributed by atoms with Crippen molar-refractivity contribution in [3.05, 3.63) is 65.2 Å². The normalized spacial score (nSPS) is 19.4. The second kappa shape index (κ2) is 12.6. The van der Waals surface area contributed by atoms with Gasteiger partial charge in [-0.25, -0.2) is 5.48 Å². The Balaban J connectivity index is 1.53. The molecule has 9 heteroatoms. The van der Waals surface area contributed by atoms with Gasteiger partial charge in [0.2, 0.25) is 11.8 Å². The van der Waals surface area contributed by atoms with Gasteiger partial charge in [0.1, 0.15) is 5.75 Å². The molecule has 0 spiro atoms. The highest BCUT2D eigenvalue weighted by Gasteiger charge is 2.54. The molecule has 2 unspecified atom stereocenters. The Morgan fingerprint density at radius 2 is 1.77 bits per heavy atom. The summed E-state index contributed by atoms with van der Waals surface area (Å²) in [6.45, 7) is 7.45. The van der Waals surface area contributed by atoms with Crippen LogP contribution in [0.4, 0.5) is 0 Å². The largest absolute Gasteiger partial charge is 0.494 e. The number of nitrogens with zero attached hydrogens (tertiary/aromatic N) is 2. The first-order valence-electron chi connectivity index (χ1n) is 14.1. The van der Waals surface area contributed by atoms with Gasteiger partial charge in [0.25, 0.3) is 11.8 Å². The van der Waals surface area contributed by atoms with E-state index in [2.05, 4.69) is 0 Å². The predicted molar refractivity (Wildman–Crippen MR) is 149 cm³/mol. The van der Waals surface area contributed by atoms with Gasteiger partial charge in [-0.05, 0) is 61.8 Å². The van der Waals surface area contributed by atoms with Crippen LogP contribution in [0.3, 0.4) is 0 Å². The highest BCUT2D eigenvalue weighted by Crippen LogP contribution is 2.46. The molecule has 2 aromatic rings. The molecule has 2 N–H and O–H groups in total. The number of hydroxylamine groups is 1. The molecule has 0 aliphatic carbocycles. The number of imide groups is 1. The van der Waals surface area contributed by atoms with Gasteiger partial charge in [-0.1, -0.05) is 51.1 Å². The first kappa shape index (κ1) is 29.3. The number of nitrogens with one attached hydrogen (secondary N) is 1. The molecule has 9 nitrogen and oxygen atoms in total. The summed E-state index contributed by atoms with van der Waals surface area (Å²) in [6.07, 6.45) is 2.47. The second-order valence-electron chi connectivity index (χ2n) is 11.2. The average molecular weight is 550 g/mol. The first-order chi connectivity index (χ1) is 19.2. The van der Waals surface area contributed by atoms with Crippen molar-refractivity contribution in [2.75, 3.05) is 26.2 Å². The number of carbonyl (C=O) groups is 4. The molecule has 4 rings (SSSR count). The van der Waals surface area contributed by atoms with E-state index in [0.717, 1.165) is 16.9 Å². The number of likely N-dealkylation sites (tertiary alicyclic amines) is 1. The van der Waals surface area contributed by atoms with Crippen molar-refractivity contribution < 1.29 is 29.1 Å². The van der Waals surface area contributed by atoms with Crippen molar-refractivity contribution in [2.24, 2.45) is 17.3 Å². The second-order valence-corrected chi connectivity index (χ2v) is 11.2. The summed E-state index contributed by atoms with van der Waals surface area (Å²) in [5.41, 5.74) is 2.39. The Kier molecular flexibility index (Phi) is 9.25. The molecule has 2 aliphatic rings. The molecule has 0 aromatic heterocycles. The van der Waals surface area contributed by atoms with Crippen LogP contribution in [0.1, 0.15) is 72.7 Å². The van der Waals surface area contributed by atoms with Crippen LogP contribution in [-0.4, -0.2) is 64.9 Å². The average Bonchev–Trinajstić information content (AvgIpc) is 3.38. The van der Waals surface area contributed by atoms with Crippen LogP contribution >= 0.6 is 0 Å². The molecule has 40 heavy (non-hydrogen) atoms. The third kappa shape index (κ3) is 5.89. The first-order valence-corrected chi connectivity index (χ1v) is 14.1. The van der Waals surface area contributed by atoms with E-state index in [1.165, 1.54) is 0 Å². The maximum Gasteiger partial charge on any atom is 0.261 e. The van der Waals surface area contributed by atoms with E-state index in [0.29, 0.717) is 44.7 Å². The number of carbonyl (C=O) groups excluding carboxylic acids is 4. The van der Waals surface area contributed by atoms with Crippen LogP contribution in [0.15, 0.2) is 48.5 Å². The number of hydrogen-bond acceptors (Lipinski definition) is 6. The van der Waals surface area contributed by atoms with Gasteiger partial charge in [0.05, 0.1) is 29.1 Å². The van der Waals surface area contributed by atoms with E-state index in [1.807, 2.05) is 51.1 Å². The van der Waals surface area contributed by atoms with Crippen molar-refractivity contribution in [3.8, 4) is 5.75 Å². The smallest absolute Gasteiger partial charge is 0.261 e. The predicted octanol–water partition coefficient (Wildman–Crippen LogP) is 4.09. The minimum absolute atomic E-state index is 0.0489. The van der Waals surface area contributed by atoms with E-state index in [-0.39, 0.29) is 35.9 Å². The Bertz CT molecular complexity index is 1250. The summed E-state index contributed by atoms with van der Waals surface area (Å²) in [5.74, 6) is -1.98. The zero-order valence-electron chi connectivity index (χ0n) is 23.5. The number of ether oxygens (including phenoxy) is 1. The topological polar surface area (TPSA) is 116 Å². The van der Waals surface area contributed by atoms with Gasteiger partial charge in [0, 0.05) is 19.6 Å². The minimum Gasteiger partial charge on any atom is -0.494 e. The van der Waals surface area contributed by atoms with Gasteiger partial charge >= 0.3 is 0 Å². The van der Waals surface area contributed by atoms with Crippen LogP contribution in [0.25, 0.3) is 0 Å². The number of benzene rings is 2. The summed E-state index contributed by atoms with van der Waals surface area (Å²) in [5, 5.41) is 9.67. The van der Waals surface area contributed by atoms with E-state index >= 15 is 0 Å². The lowest BCUT2D eigenvalue weighted by Crippen LogP contribution is -2.48. The highest BCUT2D eigenvalue weighted by atomic mass is 16.5. The molecule has 0 bridgehead atoms. The summed E-state index contributed by atoms with van der Waals surface area (Å²) in [7, 11) is 0. The molecule has 2 heterocycles. The lowest BCUT2D eigenvalue weighted by Gasteiger charge is -2.36. The van der Waals surface area contributed by atoms with E-state index in [1.54, 1.807) is 28.6 Å². The van der Waals surface area contributed by atoms with E-state index < -0.39 is 29.1 Å². The van der Waals surface area contributed by atoms with E-state index in [9.17, 15) is 24.4 Å². The quantitative estimate of drug-likeness (QED) is 0.221. The lowest BCUT2D eigenvalue weighted by molar-refractivity contribution is -0.150. The lowest BCUT2D eigenvalue weighted by atomic mass is 9.67. The Labute approximate surface area is 235 Å². The molecule has 2 aromatic carbocycles. The van der Waals surface area contributed by atoms with Gasteiger partial charge < -0.3 is 9.64 Å². The van der Waals surface area contributed by atoms with Crippen molar-refractivity contribution in [2.45, 2.75) is 52.9 Å². The van der Waals surface area contributed by atoms with Gasteiger partial charge in [-0.2, -0.15) is 0 Å². The maximum atomic E-state index is 14.0. The number of hydrogen-bond donors (Lipinski definition) is 2. The minimum atomic E-state index is -1.04. The number of amides is 4. The summed E-state index contributed by atoms with van der Waals surface area (Å²) >= 11 is 0.